The van der Waals surface area contributed by atoms with Crippen LogP contribution in [0.1, 0.15) is 23.7 Å². The van der Waals surface area contributed by atoms with Crippen molar-refractivity contribution in [3.63, 3.8) is 0 Å². The molecule has 0 spiro atoms. The first-order chi connectivity index (χ1) is 8.56. The van der Waals surface area contributed by atoms with Crippen LogP contribution in [0, 0.1) is 0 Å². The molecule has 1 aliphatic heterocycles. The van der Waals surface area contributed by atoms with Crippen LogP contribution >= 0.6 is 11.6 Å². The molecule has 1 aromatic carbocycles. The molecule has 0 radical (unpaired) electrons. The van der Waals surface area contributed by atoms with Gasteiger partial charge in [0.1, 0.15) is 0 Å². The second-order valence-electron chi connectivity index (χ2n) is 4.43. The Hall–Kier alpha value is -1.55. The van der Waals surface area contributed by atoms with Gasteiger partial charge >= 0.3 is 0 Å². The minimum absolute atomic E-state index is 0.0281. The first-order valence-electron chi connectivity index (χ1n) is 5.88. The van der Waals surface area contributed by atoms with E-state index in [2.05, 4.69) is 5.32 Å². The highest BCUT2D eigenvalue weighted by molar-refractivity contribution is 6.30. The number of halogens is 1. The predicted molar refractivity (Wildman–Crippen MR) is 69.6 cm³/mol. The van der Waals surface area contributed by atoms with Gasteiger partial charge in [-0.1, -0.05) is 17.7 Å². The smallest absolute Gasteiger partial charge is 0.251 e. The van der Waals surface area contributed by atoms with Crippen molar-refractivity contribution in [1.82, 2.24) is 10.2 Å². The number of hydrogen-bond donors (Lipinski definition) is 1. The Morgan fingerprint density at radius 3 is 2.83 bits per heavy atom. The van der Waals surface area contributed by atoms with Crippen molar-refractivity contribution < 1.29 is 9.59 Å². The molecule has 1 N–H and O–H groups in total. The van der Waals surface area contributed by atoms with Crippen LogP contribution < -0.4 is 5.32 Å². The van der Waals surface area contributed by atoms with E-state index in [4.69, 9.17) is 11.6 Å². The van der Waals surface area contributed by atoms with Crippen LogP contribution in [0.15, 0.2) is 24.3 Å². The number of hydrogen-bond acceptors (Lipinski definition) is 2. The minimum atomic E-state index is -0.145. The van der Waals surface area contributed by atoms with Gasteiger partial charge in [0.25, 0.3) is 5.91 Å². The van der Waals surface area contributed by atoms with Crippen molar-refractivity contribution in [1.29, 1.82) is 0 Å². The molecule has 5 heteroatoms. The van der Waals surface area contributed by atoms with Crippen LogP contribution in [0.4, 0.5) is 0 Å². The molecule has 2 rings (SSSR count). The summed E-state index contributed by atoms with van der Waals surface area (Å²) in [6.07, 6.45) is 0.798. The molecule has 1 atom stereocenters. The molecule has 4 nitrogen and oxygen atoms in total. The number of likely N-dealkylation sites (tertiary alicyclic amines) is 1. The lowest BCUT2D eigenvalue weighted by molar-refractivity contribution is -0.127. The summed E-state index contributed by atoms with van der Waals surface area (Å²) in [6, 6.07) is 6.85. The van der Waals surface area contributed by atoms with E-state index in [-0.39, 0.29) is 17.9 Å². The molecular formula is C13H15ClN2O2. The average Bonchev–Trinajstić information content (AvgIpc) is 2.77. The number of nitrogens with one attached hydrogen (secondary N) is 1. The van der Waals surface area contributed by atoms with Gasteiger partial charge in [0.2, 0.25) is 5.91 Å². The Balaban J connectivity index is 1.95. The van der Waals surface area contributed by atoms with E-state index in [1.165, 1.54) is 0 Å². The highest BCUT2D eigenvalue weighted by Crippen LogP contribution is 2.13. The molecule has 0 bridgehead atoms. The van der Waals surface area contributed by atoms with Crippen LogP contribution in [0.3, 0.4) is 0 Å². The van der Waals surface area contributed by atoms with E-state index in [1.54, 1.807) is 36.1 Å². The van der Waals surface area contributed by atoms with Gasteiger partial charge in [0.05, 0.1) is 0 Å². The van der Waals surface area contributed by atoms with Crippen molar-refractivity contribution >= 4 is 23.4 Å². The van der Waals surface area contributed by atoms with E-state index in [0.29, 0.717) is 23.7 Å². The second-order valence-corrected chi connectivity index (χ2v) is 4.87. The van der Waals surface area contributed by atoms with Gasteiger partial charge in [0, 0.05) is 36.6 Å². The van der Waals surface area contributed by atoms with Crippen LogP contribution in [-0.4, -0.2) is 35.8 Å². The second kappa shape index (κ2) is 5.40. The summed E-state index contributed by atoms with van der Waals surface area (Å²) < 4.78 is 0. The van der Waals surface area contributed by atoms with Gasteiger partial charge in [0.15, 0.2) is 0 Å². The van der Waals surface area contributed by atoms with Gasteiger partial charge in [-0.05, 0) is 24.6 Å². The van der Waals surface area contributed by atoms with Crippen molar-refractivity contribution in [2.24, 2.45) is 0 Å². The summed E-state index contributed by atoms with van der Waals surface area (Å²) in [5, 5.41) is 3.46. The summed E-state index contributed by atoms with van der Waals surface area (Å²) in [7, 11) is 0. The average molecular weight is 267 g/mol. The molecule has 1 aromatic rings. The molecule has 18 heavy (non-hydrogen) atoms. The molecule has 0 aliphatic carbocycles. The van der Waals surface area contributed by atoms with Crippen molar-refractivity contribution in [3.05, 3.63) is 34.9 Å². The summed E-state index contributed by atoms with van der Waals surface area (Å²) in [5.74, 6) is -0.0950. The number of carbonyl (C=O) groups is 2. The largest absolute Gasteiger partial charge is 0.347 e. The lowest BCUT2D eigenvalue weighted by atomic mass is 10.2. The molecule has 1 unspecified atom stereocenters. The van der Waals surface area contributed by atoms with Gasteiger partial charge < -0.3 is 10.2 Å². The Labute approximate surface area is 111 Å². The Kier molecular flexibility index (Phi) is 3.87. The van der Waals surface area contributed by atoms with Crippen LogP contribution in [0.2, 0.25) is 5.02 Å². The fraction of sp³-hybridized carbons (Fsp3) is 0.385. The van der Waals surface area contributed by atoms with Crippen molar-refractivity contribution in [2.75, 3.05) is 13.1 Å². The highest BCUT2D eigenvalue weighted by atomic mass is 35.5. The van der Waals surface area contributed by atoms with Crippen LogP contribution in [0.25, 0.3) is 0 Å². The first-order valence-corrected chi connectivity index (χ1v) is 6.26. The summed E-state index contributed by atoms with van der Waals surface area (Å²) in [5.41, 5.74) is 0.545. The van der Waals surface area contributed by atoms with Gasteiger partial charge in [-0.3, -0.25) is 9.59 Å². The third kappa shape index (κ3) is 3.01. The predicted octanol–water partition coefficient (Wildman–Crippen LogP) is 1.69. The topological polar surface area (TPSA) is 49.4 Å². The molecule has 1 heterocycles. The Morgan fingerprint density at radius 1 is 1.44 bits per heavy atom. The number of rotatable bonds is 2. The summed E-state index contributed by atoms with van der Waals surface area (Å²) in [4.78, 5) is 24.9. The number of amides is 2. The van der Waals surface area contributed by atoms with E-state index < -0.39 is 0 Å². The zero-order valence-electron chi connectivity index (χ0n) is 10.1. The lowest BCUT2D eigenvalue weighted by Gasteiger charge is -2.15. The molecule has 0 aromatic heterocycles. The normalized spacial score (nSPS) is 18.8. The standard InChI is InChI=1S/C13H15ClN2O2/c1-9(17)16-6-5-12(8-16)15-13(18)10-3-2-4-11(14)7-10/h2-4,7,12H,5-6,8H2,1H3,(H,15,18). The quantitative estimate of drug-likeness (QED) is 0.886. The zero-order valence-corrected chi connectivity index (χ0v) is 10.9. The van der Waals surface area contributed by atoms with Gasteiger partial charge in [-0.2, -0.15) is 0 Å². The van der Waals surface area contributed by atoms with Crippen LogP contribution in [0.5, 0.6) is 0 Å². The van der Waals surface area contributed by atoms with Gasteiger partial charge in [-0.15, -0.1) is 0 Å². The monoisotopic (exact) mass is 266 g/mol. The van der Waals surface area contributed by atoms with E-state index in [0.717, 1.165) is 6.42 Å². The minimum Gasteiger partial charge on any atom is -0.347 e. The maximum Gasteiger partial charge on any atom is 0.251 e. The third-order valence-electron chi connectivity index (χ3n) is 3.06. The third-order valence-corrected chi connectivity index (χ3v) is 3.29. The van der Waals surface area contributed by atoms with E-state index in [9.17, 15) is 9.59 Å². The fourth-order valence-electron chi connectivity index (χ4n) is 2.06. The molecule has 1 fully saturated rings. The van der Waals surface area contributed by atoms with Gasteiger partial charge in [-0.25, -0.2) is 0 Å². The Morgan fingerprint density at radius 2 is 2.22 bits per heavy atom. The SMILES string of the molecule is CC(=O)N1CCC(NC(=O)c2cccc(Cl)c2)C1. The number of benzene rings is 1. The molecule has 1 saturated heterocycles. The van der Waals surface area contributed by atoms with E-state index in [1.807, 2.05) is 0 Å². The molecule has 96 valence electrons. The lowest BCUT2D eigenvalue weighted by Crippen LogP contribution is -2.37. The zero-order chi connectivity index (χ0) is 13.1. The summed E-state index contributed by atoms with van der Waals surface area (Å²) in [6.45, 7) is 2.83. The first kappa shape index (κ1) is 12.9. The molecule has 2 amide bonds. The van der Waals surface area contributed by atoms with Crippen molar-refractivity contribution in [3.8, 4) is 0 Å². The number of nitrogens with zero attached hydrogens (tertiary/aromatic N) is 1. The maximum absolute atomic E-state index is 12.0. The maximum atomic E-state index is 12.0. The molecule has 1 aliphatic rings. The number of carbonyl (C=O) groups excluding carboxylic acids is 2. The van der Waals surface area contributed by atoms with E-state index >= 15 is 0 Å². The van der Waals surface area contributed by atoms with Crippen molar-refractivity contribution in [2.45, 2.75) is 19.4 Å². The Bertz CT molecular complexity index is 476. The molecular weight excluding hydrogens is 252 g/mol. The summed E-state index contributed by atoms with van der Waals surface area (Å²) >= 11 is 5.84. The molecule has 0 saturated carbocycles. The van der Waals surface area contributed by atoms with Crippen LogP contribution in [-0.2, 0) is 4.79 Å². The highest BCUT2D eigenvalue weighted by Gasteiger charge is 2.25. The fourth-order valence-corrected chi connectivity index (χ4v) is 2.25.